The van der Waals surface area contributed by atoms with Gasteiger partial charge in [-0.15, -0.1) is 0 Å². The van der Waals surface area contributed by atoms with Gasteiger partial charge in [0.15, 0.2) is 0 Å². The van der Waals surface area contributed by atoms with Gasteiger partial charge in [-0.05, 0) is 31.1 Å². The monoisotopic (exact) mass is 200 g/mol. The van der Waals surface area contributed by atoms with E-state index in [1.807, 2.05) is 0 Å². The van der Waals surface area contributed by atoms with Crippen molar-refractivity contribution < 1.29 is 10.2 Å². The topological polar surface area (TPSA) is 40.5 Å². The number of rotatable bonds is 6. The predicted octanol–water partition coefficient (Wildman–Crippen LogP) is 2.34. The molecule has 0 spiro atoms. The molecule has 0 aliphatic heterocycles. The van der Waals surface area contributed by atoms with Gasteiger partial charge in [0.05, 0.1) is 0 Å². The average Bonchev–Trinajstić information content (AvgIpc) is 2.25. The van der Waals surface area contributed by atoms with Crippen LogP contribution in [0.25, 0.3) is 0 Å². The summed E-state index contributed by atoms with van der Waals surface area (Å²) >= 11 is 0. The van der Waals surface area contributed by atoms with Crippen molar-refractivity contribution in [2.24, 2.45) is 11.8 Å². The highest BCUT2D eigenvalue weighted by Gasteiger charge is 2.22. The van der Waals surface area contributed by atoms with Crippen LogP contribution in [-0.2, 0) is 0 Å². The minimum absolute atomic E-state index is 0.300. The SMILES string of the molecule is OCCCC(CCO)C1CCCCC1. The number of aliphatic hydroxyl groups excluding tert-OH is 2. The maximum atomic E-state index is 9.00. The van der Waals surface area contributed by atoms with Crippen molar-refractivity contribution >= 4 is 0 Å². The van der Waals surface area contributed by atoms with Gasteiger partial charge in [0.2, 0.25) is 0 Å². The van der Waals surface area contributed by atoms with E-state index in [0.29, 0.717) is 19.1 Å². The Morgan fingerprint density at radius 3 is 2.21 bits per heavy atom. The van der Waals surface area contributed by atoms with Gasteiger partial charge in [-0.1, -0.05) is 32.1 Å². The van der Waals surface area contributed by atoms with Gasteiger partial charge >= 0.3 is 0 Å². The first kappa shape index (κ1) is 12.0. The van der Waals surface area contributed by atoms with E-state index in [2.05, 4.69) is 0 Å². The van der Waals surface area contributed by atoms with E-state index >= 15 is 0 Å². The van der Waals surface area contributed by atoms with Gasteiger partial charge in [0, 0.05) is 13.2 Å². The van der Waals surface area contributed by atoms with Crippen molar-refractivity contribution in [1.29, 1.82) is 0 Å². The lowest BCUT2D eigenvalue weighted by Gasteiger charge is -2.29. The summed E-state index contributed by atoms with van der Waals surface area (Å²) in [6.45, 7) is 0.612. The Morgan fingerprint density at radius 2 is 1.64 bits per heavy atom. The standard InChI is InChI=1S/C12H24O2/c13-9-4-7-12(8-10-14)11-5-2-1-3-6-11/h11-14H,1-10H2. The third-order valence-electron chi connectivity index (χ3n) is 3.55. The van der Waals surface area contributed by atoms with Gasteiger partial charge in [-0.25, -0.2) is 0 Å². The molecule has 0 heterocycles. The van der Waals surface area contributed by atoms with Crippen LogP contribution >= 0.6 is 0 Å². The van der Waals surface area contributed by atoms with Crippen LogP contribution in [0.3, 0.4) is 0 Å². The first-order valence-electron chi connectivity index (χ1n) is 6.10. The minimum Gasteiger partial charge on any atom is -0.396 e. The Labute approximate surface area is 87.3 Å². The quantitative estimate of drug-likeness (QED) is 0.691. The maximum Gasteiger partial charge on any atom is 0.0433 e. The van der Waals surface area contributed by atoms with E-state index in [-0.39, 0.29) is 0 Å². The Balaban J connectivity index is 2.30. The molecule has 0 radical (unpaired) electrons. The summed E-state index contributed by atoms with van der Waals surface area (Å²) in [6, 6.07) is 0. The zero-order chi connectivity index (χ0) is 10.2. The van der Waals surface area contributed by atoms with Crippen LogP contribution < -0.4 is 0 Å². The predicted molar refractivity (Wildman–Crippen MR) is 58.1 cm³/mol. The van der Waals surface area contributed by atoms with Crippen molar-refractivity contribution in [2.45, 2.75) is 51.4 Å². The van der Waals surface area contributed by atoms with Crippen molar-refractivity contribution in [1.82, 2.24) is 0 Å². The summed E-state index contributed by atoms with van der Waals surface area (Å²) in [5, 5.41) is 17.8. The third-order valence-corrected chi connectivity index (χ3v) is 3.55. The molecule has 1 fully saturated rings. The zero-order valence-corrected chi connectivity index (χ0v) is 9.12. The summed E-state index contributed by atoms with van der Waals surface area (Å²) in [5.74, 6) is 1.48. The Morgan fingerprint density at radius 1 is 0.929 bits per heavy atom. The van der Waals surface area contributed by atoms with Crippen LogP contribution in [0.1, 0.15) is 51.4 Å². The molecule has 1 atom stereocenters. The Bertz CT molecular complexity index is 130. The van der Waals surface area contributed by atoms with E-state index in [1.54, 1.807) is 0 Å². The van der Waals surface area contributed by atoms with Crippen LogP contribution in [0.5, 0.6) is 0 Å². The van der Waals surface area contributed by atoms with E-state index in [9.17, 15) is 0 Å². The molecule has 0 saturated heterocycles. The highest BCUT2D eigenvalue weighted by molar-refractivity contribution is 4.74. The average molecular weight is 200 g/mol. The van der Waals surface area contributed by atoms with Crippen molar-refractivity contribution in [3.05, 3.63) is 0 Å². The largest absolute Gasteiger partial charge is 0.396 e. The summed E-state index contributed by atoms with van der Waals surface area (Å²) in [4.78, 5) is 0. The highest BCUT2D eigenvalue weighted by atomic mass is 16.3. The molecular formula is C12H24O2. The number of aliphatic hydroxyl groups is 2. The van der Waals surface area contributed by atoms with Gasteiger partial charge in [-0.2, -0.15) is 0 Å². The Hall–Kier alpha value is -0.0800. The van der Waals surface area contributed by atoms with Gasteiger partial charge in [0.25, 0.3) is 0 Å². The molecule has 1 rings (SSSR count). The molecule has 0 bridgehead atoms. The number of hydrogen-bond donors (Lipinski definition) is 2. The molecule has 1 aliphatic carbocycles. The molecule has 0 aromatic heterocycles. The van der Waals surface area contributed by atoms with Crippen molar-refractivity contribution in [3.8, 4) is 0 Å². The molecule has 2 nitrogen and oxygen atoms in total. The summed E-state index contributed by atoms with van der Waals surface area (Å²) in [6.07, 6.45) is 9.75. The van der Waals surface area contributed by atoms with Crippen LogP contribution in [0.15, 0.2) is 0 Å². The first-order chi connectivity index (χ1) is 6.88. The van der Waals surface area contributed by atoms with Gasteiger partial charge in [-0.3, -0.25) is 0 Å². The highest BCUT2D eigenvalue weighted by Crippen LogP contribution is 2.33. The van der Waals surface area contributed by atoms with Gasteiger partial charge < -0.3 is 10.2 Å². The minimum atomic E-state index is 0.300. The van der Waals surface area contributed by atoms with E-state index in [0.717, 1.165) is 25.2 Å². The van der Waals surface area contributed by atoms with Crippen LogP contribution in [-0.4, -0.2) is 23.4 Å². The Kier molecular flexibility index (Phi) is 6.20. The van der Waals surface area contributed by atoms with E-state index in [4.69, 9.17) is 10.2 Å². The fourth-order valence-electron chi connectivity index (χ4n) is 2.74. The van der Waals surface area contributed by atoms with E-state index in [1.165, 1.54) is 32.1 Å². The van der Waals surface area contributed by atoms with Gasteiger partial charge in [0.1, 0.15) is 0 Å². The fourth-order valence-corrected chi connectivity index (χ4v) is 2.74. The summed E-state index contributed by atoms with van der Waals surface area (Å²) in [7, 11) is 0. The molecule has 2 N–H and O–H groups in total. The molecule has 14 heavy (non-hydrogen) atoms. The fraction of sp³-hybridized carbons (Fsp3) is 1.00. The molecule has 0 aromatic carbocycles. The molecule has 84 valence electrons. The number of hydrogen-bond acceptors (Lipinski definition) is 2. The second-order valence-electron chi connectivity index (χ2n) is 4.54. The summed E-state index contributed by atoms with van der Waals surface area (Å²) in [5.41, 5.74) is 0. The van der Waals surface area contributed by atoms with Crippen LogP contribution in [0, 0.1) is 11.8 Å². The third kappa shape index (κ3) is 3.97. The van der Waals surface area contributed by atoms with Crippen LogP contribution in [0.2, 0.25) is 0 Å². The molecule has 1 aliphatic rings. The summed E-state index contributed by atoms with van der Waals surface area (Å²) < 4.78 is 0. The van der Waals surface area contributed by atoms with Crippen molar-refractivity contribution in [2.75, 3.05) is 13.2 Å². The first-order valence-corrected chi connectivity index (χ1v) is 6.10. The zero-order valence-electron chi connectivity index (χ0n) is 9.12. The molecule has 2 heteroatoms. The van der Waals surface area contributed by atoms with Crippen molar-refractivity contribution in [3.63, 3.8) is 0 Å². The molecular weight excluding hydrogens is 176 g/mol. The lowest BCUT2D eigenvalue weighted by Crippen LogP contribution is -2.19. The second kappa shape index (κ2) is 7.24. The van der Waals surface area contributed by atoms with E-state index < -0.39 is 0 Å². The molecule has 0 aromatic rings. The molecule has 1 unspecified atom stereocenters. The lowest BCUT2D eigenvalue weighted by molar-refractivity contribution is 0.166. The van der Waals surface area contributed by atoms with Crippen LogP contribution in [0.4, 0.5) is 0 Å². The molecule has 0 amide bonds. The smallest absolute Gasteiger partial charge is 0.0433 e. The maximum absolute atomic E-state index is 9.00. The second-order valence-corrected chi connectivity index (χ2v) is 4.54. The lowest BCUT2D eigenvalue weighted by atomic mass is 9.77. The normalized spacial score (nSPS) is 21.0. The molecule has 1 saturated carbocycles.